The van der Waals surface area contributed by atoms with Gasteiger partial charge in [0, 0.05) is 30.0 Å². The average Bonchev–Trinajstić information content (AvgIpc) is 2.74. The zero-order valence-electron chi connectivity index (χ0n) is 16.8. The monoisotopic (exact) mass is 488 g/mol. The van der Waals surface area contributed by atoms with Crippen molar-refractivity contribution in [2.24, 2.45) is 0 Å². The first-order valence-corrected chi connectivity index (χ1v) is 9.28. The van der Waals surface area contributed by atoms with E-state index in [-0.39, 0.29) is 38.9 Å². The van der Waals surface area contributed by atoms with Crippen molar-refractivity contribution in [1.29, 1.82) is 0 Å². The quantitative estimate of drug-likeness (QED) is 0.353. The Hall–Kier alpha value is -3.67. The van der Waals surface area contributed by atoms with E-state index in [1.165, 1.54) is 19.4 Å². The third-order valence-electron chi connectivity index (χ3n) is 4.39. The number of esters is 1. The van der Waals surface area contributed by atoms with E-state index < -0.39 is 47.5 Å². The number of hydrogen-bond acceptors (Lipinski definition) is 7. The van der Waals surface area contributed by atoms with Crippen molar-refractivity contribution in [1.82, 2.24) is 4.98 Å². The van der Waals surface area contributed by atoms with Gasteiger partial charge in [0.1, 0.15) is 11.6 Å². The lowest BCUT2D eigenvalue weighted by atomic mass is 10.1. The smallest absolute Gasteiger partial charge is 0.413 e. The minimum absolute atomic E-state index is 0.00946. The Labute approximate surface area is 188 Å². The van der Waals surface area contributed by atoms with Crippen LogP contribution in [0.15, 0.2) is 36.0 Å². The number of imide groups is 1. The Morgan fingerprint density at radius 1 is 1.18 bits per heavy atom. The summed E-state index contributed by atoms with van der Waals surface area (Å²) in [6.45, 7) is 0. The second-order valence-corrected chi connectivity index (χ2v) is 6.84. The van der Waals surface area contributed by atoms with Gasteiger partial charge in [0.05, 0.1) is 31.4 Å². The molecule has 2 aromatic rings. The van der Waals surface area contributed by atoms with Crippen molar-refractivity contribution in [3.05, 3.63) is 52.6 Å². The van der Waals surface area contributed by atoms with E-state index in [9.17, 15) is 31.9 Å². The van der Waals surface area contributed by atoms with Gasteiger partial charge < -0.3 is 14.2 Å². The van der Waals surface area contributed by atoms with Crippen LogP contribution in [0, 0.1) is 5.82 Å². The number of amides is 2. The molecule has 1 aliphatic heterocycles. The Balaban J connectivity index is 2.08. The lowest BCUT2D eigenvalue weighted by Gasteiger charge is -2.26. The maximum absolute atomic E-state index is 14.6. The zero-order chi connectivity index (χ0) is 24.5. The third-order valence-corrected chi connectivity index (χ3v) is 4.69. The highest BCUT2D eigenvalue weighted by Crippen LogP contribution is 2.41. The standard InChI is InChI=1S/C20H13ClF4N2O6/c1-31-13-3-4-26-17(19(30)32-2)18(13)33-14-8-12(11(22)7-10(14)21)27-15(28)5-9(6-16(27)29)20(23,24)25/h3-5,7-8H,6H2,1-2H3. The van der Waals surface area contributed by atoms with E-state index in [1.807, 2.05) is 0 Å². The summed E-state index contributed by atoms with van der Waals surface area (Å²) >= 11 is 6.02. The van der Waals surface area contributed by atoms with Crippen molar-refractivity contribution < 1.29 is 46.2 Å². The number of anilines is 1. The Bertz CT molecular complexity index is 1180. The molecule has 0 radical (unpaired) electrons. The van der Waals surface area contributed by atoms with Gasteiger partial charge in [0.2, 0.25) is 11.7 Å². The van der Waals surface area contributed by atoms with Crippen LogP contribution in [0.25, 0.3) is 0 Å². The molecule has 0 aliphatic carbocycles. The van der Waals surface area contributed by atoms with Gasteiger partial charge in [-0.1, -0.05) is 11.6 Å². The number of halogens is 5. The number of nitrogens with zero attached hydrogens (tertiary/aromatic N) is 2. The second-order valence-electron chi connectivity index (χ2n) is 6.43. The molecule has 13 heteroatoms. The van der Waals surface area contributed by atoms with Crippen LogP contribution in [0.2, 0.25) is 5.02 Å². The number of aromatic nitrogens is 1. The van der Waals surface area contributed by atoms with Gasteiger partial charge in [-0.2, -0.15) is 13.2 Å². The molecule has 33 heavy (non-hydrogen) atoms. The van der Waals surface area contributed by atoms with Gasteiger partial charge in [-0.3, -0.25) is 9.59 Å². The summed E-state index contributed by atoms with van der Waals surface area (Å²) in [7, 11) is 2.35. The van der Waals surface area contributed by atoms with Crippen LogP contribution in [-0.4, -0.2) is 43.2 Å². The number of pyridine rings is 1. The van der Waals surface area contributed by atoms with Gasteiger partial charge in [-0.15, -0.1) is 0 Å². The lowest BCUT2D eigenvalue weighted by molar-refractivity contribution is -0.129. The van der Waals surface area contributed by atoms with Gasteiger partial charge >= 0.3 is 12.1 Å². The van der Waals surface area contributed by atoms with Crippen molar-refractivity contribution in [2.75, 3.05) is 19.1 Å². The number of carbonyl (C=O) groups excluding carboxylic acids is 3. The molecule has 0 saturated carbocycles. The minimum atomic E-state index is -4.90. The largest absolute Gasteiger partial charge is 0.493 e. The first-order valence-electron chi connectivity index (χ1n) is 8.90. The molecule has 0 saturated heterocycles. The summed E-state index contributed by atoms with van der Waals surface area (Å²) in [5.41, 5.74) is -2.39. The Morgan fingerprint density at radius 2 is 1.88 bits per heavy atom. The molecule has 0 bridgehead atoms. The van der Waals surface area contributed by atoms with Gasteiger partial charge in [-0.05, 0) is 6.07 Å². The molecule has 0 atom stereocenters. The first kappa shape index (κ1) is 24.0. The maximum Gasteiger partial charge on any atom is 0.413 e. The van der Waals surface area contributed by atoms with Gasteiger partial charge in [-0.25, -0.2) is 19.1 Å². The molecule has 0 unspecified atom stereocenters. The number of rotatable bonds is 5. The van der Waals surface area contributed by atoms with Crippen LogP contribution in [-0.2, 0) is 14.3 Å². The second kappa shape index (κ2) is 9.06. The first-order chi connectivity index (χ1) is 15.5. The van der Waals surface area contributed by atoms with Crippen molar-refractivity contribution in [2.45, 2.75) is 12.6 Å². The number of ether oxygens (including phenoxy) is 3. The number of benzene rings is 1. The van der Waals surface area contributed by atoms with Crippen LogP contribution in [0.4, 0.5) is 23.2 Å². The molecule has 0 spiro atoms. The number of hydrogen-bond donors (Lipinski definition) is 0. The van der Waals surface area contributed by atoms with Crippen molar-refractivity contribution >= 4 is 35.1 Å². The van der Waals surface area contributed by atoms with E-state index >= 15 is 0 Å². The van der Waals surface area contributed by atoms with E-state index in [4.69, 9.17) is 21.1 Å². The van der Waals surface area contributed by atoms with Crippen molar-refractivity contribution in [3.8, 4) is 17.2 Å². The molecule has 8 nitrogen and oxygen atoms in total. The summed E-state index contributed by atoms with van der Waals surface area (Å²) in [4.78, 5) is 40.6. The Morgan fingerprint density at radius 3 is 2.45 bits per heavy atom. The molecule has 0 N–H and O–H groups in total. The molecule has 1 aliphatic rings. The molecule has 2 amide bonds. The van der Waals surface area contributed by atoms with Crippen LogP contribution < -0.4 is 14.4 Å². The van der Waals surface area contributed by atoms with Crippen LogP contribution in [0.1, 0.15) is 16.9 Å². The summed E-state index contributed by atoms with van der Waals surface area (Å²) in [5.74, 6) is -5.42. The van der Waals surface area contributed by atoms with Crippen LogP contribution in [0.3, 0.4) is 0 Å². The van der Waals surface area contributed by atoms with Gasteiger partial charge in [0.15, 0.2) is 11.4 Å². The van der Waals surface area contributed by atoms with Crippen molar-refractivity contribution in [3.63, 3.8) is 0 Å². The van der Waals surface area contributed by atoms with E-state index in [0.717, 1.165) is 13.2 Å². The summed E-state index contributed by atoms with van der Waals surface area (Å²) in [5, 5.41) is -0.346. The predicted molar refractivity (Wildman–Crippen MR) is 105 cm³/mol. The topological polar surface area (TPSA) is 95.0 Å². The minimum Gasteiger partial charge on any atom is -0.493 e. The molecule has 0 fully saturated rings. The third kappa shape index (κ3) is 4.75. The van der Waals surface area contributed by atoms with E-state index in [2.05, 4.69) is 9.72 Å². The van der Waals surface area contributed by atoms with Crippen LogP contribution in [0.5, 0.6) is 17.2 Å². The number of methoxy groups -OCH3 is 2. The molecular weight excluding hydrogens is 476 g/mol. The normalized spacial score (nSPS) is 14.2. The van der Waals surface area contributed by atoms with Gasteiger partial charge in [0.25, 0.3) is 5.91 Å². The lowest BCUT2D eigenvalue weighted by Crippen LogP contribution is -2.41. The highest BCUT2D eigenvalue weighted by molar-refractivity contribution is 6.32. The van der Waals surface area contributed by atoms with E-state index in [1.54, 1.807) is 0 Å². The molecular formula is C20H13ClF4N2O6. The SMILES string of the molecule is COC(=O)c1nccc(OC)c1Oc1cc(N2C(=O)C=C(C(F)(F)F)CC2=O)c(F)cc1Cl. The molecule has 1 aromatic carbocycles. The van der Waals surface area contributed by atoms with Crippen LogP contribution >= 0.6 is 11.6 Å². The average molecular weight is 489 g/mol. The highest BCUT2D eigenvalue weighted by Gasteiger charge is 2.41. The summed E-state index contributed by atoms with van der Waals surface area (Å²) in [6.07, 6.45) is -4.64. The highest BCUT2D eigenvalue weighted by atomic mass is 35.5. The molecule has 2 heterocycles. The fourth-order valence-corrected chi connectivity index (χ4v) is 3.06. The zero-order valence-corrected chi connectivity index (χ0v) is 17.6. The molecule has 174 valence electrons. The van der Waals surface area contributed by atoms with E-state index in [0.29, 0.717) is 6.07 Å². The Kier molecular flexibility index (Phi) is 6.58. The summed E-state index contributed by atoms with van der Waals surface area (Å²) in [6, 6.07) is 2.85. The fourth-order valence-electron chi connectivity index (χ4n) is 2.87. The number of carbonyl (C=O) groups is 3. The number of alkyl halides is 3. The molecule has 3 rings (SSSR count). The maximum atomic E-state index is 14.6. The summed E-state index contributed by atoms with van der Waals surface area (Å²) < 4.78 is 68.6. The molecule has 1 aromatic heterocycles. The fraction of sp³-hybridized carbons (Fsp3) is 0.200. The predicted octanol–water partition coefficient (Wildman–Crippen LogP) is 4.21.